The molecule has 0 fully saturated rings. The van der Waals surface area contributed by atoms with E-state index in [1.807, 2.05) is 0 Å². The molecule has 0 saturated carbocycles. The van der Waals surface area contributed by atoms with E-state index in [2.05, 4.69) is 4.98 Å². The zero-order valence-electron chi connectivity index (χ0n) is 10.1. The van der Waals surface area contributed by atoms with Gasteiger partial charge in [-0.25, -0.2) is 4.98 Å². The fourth-order valence-corrected chi connectivity index (χ4v) is 1.90. The maximum atomic E-state index is 13.3. The second kappa shape index (κ2) is 5.01. The second-order valence-corrected chi connectivity index (χ2v) is 4.07. The average molecular weight is 309 g/mol. The number of aromatic nitrogens is 1. The number of pyridine rings is 1. The van der Waals surface area contributed by atoms with Crippen molar-refractivity contribution in [2.75, 3.05) is 0 Å². The largest absolute Gasteiger partial charge is 0.421 e. The topological polar surface area (TPSA) is 12.9 Å². The molecule has 1 nitrogen and oxygen atoms in total. The number of nitrogens with zero attached hydrogens (tertiary/aromatic N) is 1. The lowest BCUT2D eigenvalue weighted by Gasteiger charge is -2.17. The molecule has 1 aromatic carbocycles. The number of alkyl halides is 6. The first kappa shape index (κ1) is 15.3. The molecule has 1 aromatic heterocycles. The predicted molar refractivity (Wildman–Crippen MR) is 59.6 cm³/mol. The molecular formula is C13H6F7N. The Bertz CT molecular complexity index is 658. The lowest BCUT2D eigenvalue weighted by atomic mass is 9.96. The van der Waals surface area contributed by atoms with Gasteiger partial charge in [-0.1, -0.05) is 18.2 Å². The molecule has 0 radical (unpaired) electrons. The van der Waals surface area contributed by atoms with Gasteiger partial charge in [-0.15, -0.1) is 0 Å². The summed E-state index contributed by atoms with van der Waals surface area (Å²) in [4.78, 5) is 2.86. The van der Waals surface area contributed by atoms with Crippen LogP contribution in [0.15, 0.2) is 36.5 Å². The summed E-state index contributed by atoms with van der Waals surface area (Å²) in [5.41, 5.74) is -4.75. The van der Waals surface area contributed by atoms with E-state index in [9.17, 15) is 30.7 Å². The van der Waals surface area contributed by atoms with E-state index in [0.29, 0.717) is 18.3 Å². The first-order chi connectivity index (χ1) is 9.62. The minimum absolute atomic E-state index is 0.633. The maximum absolute atomic E-state index is 13.3. The third-order valence-electron chi connectivity index (χ3n) is 2.71. The van der Waals surface area contributed by atoms with Gasteiger partial charge in [0, 0.05) is 11.8 Å². The molecule has 0 aliphatic heterocycles. The SMILES string of the molecule is Fc1nccc(-c2ccccc2C(F)(F)F)c1C(F)(F)F. The third-order valence-corrected chi connectivity index (χ3v) is 2.71. The lowest BCUT2D eigenvalue weighted by molar-refractivity contribution is -0.141. The number of rotatable bonds is 1. The Morgan fingerprint density at radius 2 is 1.38 bits per heavy atom. The van der Waals surface area contributed by atoms with E-state index in [0.717, 1.165) is 18.2 Å². The Hall–Kier alpha value is -2.12. The Labute approximate surface area is 114 Å². The van der Waals surface area contributed by atoms with Crippen molar-refractivity contribution in [3.8, 4) is 11.1 Å². The number of hydrogen-bond acceptors (Lipinski definition) is 1. The molecule has 0 unspecified atom stereocenters. The predicted octanol–water partition coefficient (Wildman–Crippen LogP) is 4.93. The molecule has 2 rings (SSSR count). The van der Waals surface area contributed by atoms with Crippen LogP contribution in [0.2, 0.25) is 0 Å². The summed E-state index contributed by atoms with van der Waals surface area (Å²) in [6.07, 6.45) is -9.33. The molecule has 1 heterocycles. The highest BCUT2D eigenvalue weighted by molar-refractivity contribution is 5.71. The number of hydrogen-bond donors (Lipinski definition) is 0. The molecule has 21 heavy (non-hydrogen) atoms. The zero-order chi connectivity index (χ0) is 15.8. The molecule has 8 heteroatoms. The van der Waals surface area contributed by atoms with Crippen LogP contribution in [-0.4, -0.2) is 4.98 Å². The smallest absolute Gasteiger partial charge is 0.228 e. The van der Waals surface area contributed by atoms with Crippen LogP contribution in [0.1, 0.15) is 11.1 Å². The summed E-state index contributed by atoms with van der Waals surface area (Å²) in [5, 5.41) is 0. The summed E-state index contributed by atoms with van der Waals surface area (Å²) >= 11 is 0. The molecule has 0 aliphatic carbocycles. The van der Waals surface area contributed by atoms with Crippen molar-refractivity contribution >= 4 is 0 Å². The van der Waals surface area contributed by atoms with Crippen LogP contribution in [0.5, 0.6) is 0 Å². The summed E-state index contributed by atoms with van der Waals surface area (Å²) in [6.45, 7) is 0. The molecule has 0 spiro atoms. The van der Waals surface area contributed by atoms with Gasteiger partial charge < -0.3 is 0 Å². The summed E-state index contributed by atoms with van der Waals surface area (Å²) in [7, 11) is 0. The second-order valence-electron chi connectivity index (χ2n) is 4.07. The van der Waals surface area contributed by atoms with Gasteiger partial charge in [-0.3, -0.25) is 0 Å². The molecule has 0 bridgehead atoms. The standard InChI is InChI=1S/C13H6F7N/c14-11-10(13(18,19)20)8(5-6-21-11)7-3-1-2-4-9(7)12(15,16)17/h1-6H. The van der Waals surface area contributed by atoms with E-state index in [4.69, 9.17) is 0 Å². The zero-order valence-corrected chi connectivity index (χ0v) is 10.1. The van der Waals surface area contributed by atoms with Crippen LogP contribution in [0.25, 0.3) is 11.1 Å². The van der Waals surface area contributed by atoms with Crippen LogP contribution in [0.4, 0.5) is 30.7 Å². The molecule has 0 aliphatic rings. The van der Waals surface area contributed by atoms with Gasteiger partial charge >= 0.3 is 12.4 Å². The van der Waals surface area contributed by atoms with E-state index >= 15 is 0 Å². The van der Waals surface area contributed by atoms with Crippen molar-refractivity contribution in [1.82, 2.24) is 4.98 Å². The van der Waals surface area contributed by atoms with E-state index in [1.165, 1.54) is 0 Å². The quantitative estimate of drug-likeness (QED) is 0.538. The molecular weight excluding hydrogens is 303 g/mol. The highest BCUT2D eigenvalue weighted by Crippen LogP contribution is 2.42. The Morgan fingerprint density at radius 1 is 0.762 bits per heavy atom. The Morgan fingerprint density at radius 3 is 1.95 bits per heavy atom. The Balaban J connectivity index is 2.79. The summed E-state index contributed by atoms with van der Waals surface area (Å²) < 4.78 is 90.5. The van der Waals surface area contributed by atoms with Gasteiger partial charge in [0.25, 0.3) is 0 Å². The van der Waals surface area contributed by atoms with Crippen LogP contribution in [-0.2, 0) is 12.4 Å². The molecule has 0 amide bonds. The first-order valence-corrected chi connectivity index (χ1v) is 5.50. The van der Waals surface area contributed by atoms with Gasteiger partial charge in [-0.05, 0) is 17.7 Å². The lowest BCUT2D eigenvalue weighted by Crippen LogP contribution is -2.14. The van der Waals surface area contributed by atoms with E-state index < -0.39 is 40.6 Å². The van der Waals surface area contributed by atoms with Crippen LogP contribution in [0, 0.1) is 5.95 Å². The highest BCUT2D eigenvalue weighted by atomic mass is 19.4. The van der Waals surface area contributed by atoms with Crippen LogP contribution < -0.4 is 0 Å². The van der Waals surface area contributed by atoms with E-state index in [-0.39, 0.29) is 0 Å². The van der Waals surface area contributed by atoms with Gasteiger partial charge in [-0.2, -0.15) is 30.7 Å². The third kappa shape index (κ3) is 2.98. The van der Waals surface area contributed by atoms with Crippen LogP contribution in [0.3, 0.4) is 0 Å². The fraction of sp³-hybridized carbons (Fsp3) is 0.154. The van der Waals surface area contributed by atoms with Gasteiger partial charge in [0.05, 0.1) is 5.56 Å². The van der Waals surface area contributed by atoms with E-state index in [1.54, 1.807) is 0 Å². The van der Waals surface area contributed by atoms with Gasteiger partial charge in [0.15, 0.2) is 0 Å². The number of benzene rings is 1. The van der Waals surface area contributed by atoms with Gasteiger partial charge in [0.1, 0.15) is 5.56 Å². The molecule has 112 valence electrons. The highest BCUT2D eigenvalue weighted by Gasteiger charge is 2.40. The van der Waals surface area contributed by atoms with Crippen LogP contribution >= 0.6 is 0 Å². The first-order valence-electron chi connectivity index (χ1n) is 5.50. The van der Waals surface area contributed by atoms with Crippen molar-refractivity contribution in [2.24, 2.45) is 0 Å². The monoisotopic (exact) mass is 309 g/mol. The van der Waals surface area contributed by atoms with Crippen molar-refractivity contribution < 1.29 is 30.7 Å². The summed E-state index contributed by atoms with van der Waals surface area (Å²) in [6, 6.07) is 4.37. The molecule has 0 atom stereocenters. The minimum atomic E-state index is -5.16. The molecule has 0 saturated heterocycles. The molecule has 0 N–H and O–H groups in total. The van der Waals surface area contributed by atoms with Crippen molar-refractivity contribution in [2.45, 2.75) is 12.4 Å². The minimum Gasteiger partial charge on any atom is -0.228 e. The normalized spacial score (nSPS) is 12.5. The Kier molecular flexibility index (Phi) is 3.65. The van der Waals surface area contributed by atoms with Gasteiger partial charge in [0.2, 0.25) is 5.95 Å². The van der Waals surface area contributed by atoms with Crippen molar-refractivity contribution in [3.05, 3.63) is 53.6 Å². The molecule has 2 aromatic rings. The summed E-state index contributed by atoms with van der Waals surface area (Å²) in [5.74, 6) is -1.86. The number of halogens is 7. The van der Waals surface area contributed by atoms with Crippen molar-refractivity contribution in [1.29, 1.82) is 0 Å². The maximum Gasteiger partial charge on any atom is 0.421 e. The average Bonchev–Trinajstić information content (AvgIpc) is 2.36. The van der Waals surface area contributed by atoms with Crippen molar-refractivity contribution in [3.63, 3.8) is 0 Å². The fourth-order valence-electron chi connectivity index (χ4n) is 1.90.